The lowest BCUT2D eigenvalue weighted by molar-refractivity contribution is 0.0735. The molecule has 1 amide bonds. The quantitative estimate of drug-likeness (QED) is 0.755. The summed E-state index contributed by atoms with van der Waals surface area (Å²) in [4.78, 5) is 17.4. The van der Waals surface area contributed by atoms with E-state index in [-0.39, 0.29) is 11.7 Å². The van der Waals surface area contributed by atoms with Crippen LogP contribution in [0.2, 0.25) is 0 Å². The molecule has 2 aromatic carbocycles. The SMILES string of the molecule is C[C@H](O)c1onc(-c2ccccc2)c1C(=O)N1CCN(c2ccccc2)CC1. The number of amides is 1. The molecule has 0 aliphatic carbocycles. The van der Waals surface area contributed by atoms with Gasteiger partial charge in [0.25, 0.3) is 5.91 Å². The van der Waals surface area contributed by atoms with E-state index in [2.05, 4.69) is 22.2 Å². The Labute approximate surface area is 164 Å². The number of nitrogens with zero attached hydrogens (tertiary/aromatic N) is 3. The number of hydrogen-bond donors (Lipinski definition) is 1. The highest BCUT2D eigenvalue weighted by Crippen LogP contribution is 2.30. The maximum atomic E-state index is 13.3. The third-order valence-corrected chi connectivity index (χ3v) is 5.05. The number of aromatic nitrogens is 1. The molecule has 1 aliphatic rings. The molecular weight excluding hydrogens is 354 g/mol. The largest absolute Gasteiger partial charge is 0.385 e. The lowest BCUT2D eigenvalue weighted by Crippen LogP contribution is -2.49. The van der Waals surface area contributed by atoms with Gasteiger partial charge in [-0.25, -0.2) is 0 Å². The number of rotatable bonds is 4. The number of hydrogen-bond acceptors (Lipinski definition) is 5. The zero-order chi connectivity index (χ0) is 19.5. The van der Waals surface area contributed by atoms with E-state index < -0.39 is 6.10 Å². The van der Waals surface area contributed by atoms with E-state index >= 15 is 0 Å². The summed E-state index contributed by atoms with van der Waals surface area (Å²) < 4.78 is 5.36. The van der Waals surface area contributed by atoms with Crippen molar-refractivity contribution in [2.45, 2.75) is 13.0 Å². The topological polar surface area (TPSA) is 69.8 Å². The number of carbonyl (C=O) groups is 1. The van der Waals surface area contributed by atoms with E-state index in [4.69, 9.17) is 4.52 Å². The molecule has 0 radical (unpaired) electrons. The molecule has 1 fully saturated rings. The summed E-state index contributed by atoms with van der Waals surface area (Å²) in [6.07, 6.45) is -0.908. The Kier molecular flexibility index (Phi) is 5.12. The van der Waals surface area contributed by atoms with E-state index in [1.54, 1.807) is 6.92 Å². The van der Waals surface area contributed by atoms with Gasteiger partial charge in [0.05, 0.1) is 0 Å². The third kappa shape index (κ3) is 3.51. The molecule has 6 nitrogen and oxygen atoms in total. The molecule has 0 unspecified atom stereocenters. The van der Waals surface area contributed by atoms with Crippen LogP contribution in [0.15, 0.2) is 65.2 Å². The first kappa shape index (κ1) is 18.3. The van der Waals surface area contributed by atoms with Gasteiger partial charge in [0, 0.05) is 37.4 Å². The van der Waals surface area contributed by atoms with Crippen LogP contribution in [0.25, 0.3) is 11.3 Å². The predicted molar refractivity (Wildman–Crippen MR) is 107 cm³/mol. The Morgan fingerprint density at radius 3 is 2.21 bits per heavy atom. The molecule has 144 valence electrons. The molecule has 1 N–H and O–H groups in total. The van der Waals surface area contributed by atoms with Crippen LogP contribution in [0.1, 0.15) is 29.1 Å². The van der Waals surface area contributed by atoms with Crippen LogP contribution in [0, 0.1) is 0 Å². The van der Waals surface area contributed by atoms with Crippen molar-refractivity contribution < 1.29 is 14.4 Å². The summed E-state index contributed by atoms with van der Waals surface area (Å²) in [7, 11) is 0. The van der Waals surface area contributed by atoms with Gasteiger partial charge < -0.3 is 19.4 Å². The molecule has 28 heavy (non-hydrogen) atoms. The number of anilines is 1. The predicted octanol–water partition coefficient (Wildman–Crippen LogP) is 3.36. The highest BCUT2D eigenvalue weighted by Gasteiger charge is 2.31. The molecule has 4 rings (SSSR count). The molecule has 0 spiro atoms. The second-order valence-electron chi connectivity index (χ2n) is 6.93. The van der Waals surface area contributed by atoms with E-state index in [1.165, 1.54) is 0 Å². The standard InChI is InChI=1S/C22H23N3O3/c1-16(26)21-19(20(23-28-21)17-8-4-2-5-9-17)22(27)25-14-12-24(13-15-25)18-10-6-3-7-11-18/h2-11,16,26H,12-15H2,1H3/t16-/m0/s1. The molecule has 2 heterocycles. The van der Waals surface area contributed by atoms with Gasteiger partial charge in [-0.1, -0.05) is 53.7 Å². The normalized spacial score (nSPS) is 15.5. The lowest BCUT2D eigenvalue weighted by atomic mass is 10.0. The highest BCUT2D eigenvalue weighted by atomic mass is 16.5. The summed E-state index contributed by atoms with van der Waals surface area (Å²) in [6.45, 7) is 4.30. The number of piperazine rings is 1. The van der Waals surface area contributed by atoms with Gasteiger partial charge >= 0.3 is 0 Å². The molecule has 1 atom stereocenters. The van der Waals surface area contributed by atoms with Crippen LogP contribution in [0.4, 0.5) is 5.69 Å². The molecule has 1 aliphatic heterocycles. The minimum absolute atomic E-state index is 0.149. The fourth-order valence-corrected chi connectivity index (χ4v) is 3.55. The average Bonchev–Trinajstić information content (AvgIpc) is 3.20. The highest BCUT2D eigenvalue weighted by molar-refractivity contribution is 6.01. The zero-order valence-corrected chi connectivity index (χ0v) is 15.8. The van der Waals surface area contributed by atoms with Crippen LogP contribution >= 0.6 is 0 Å². The molecule has 1 saturated heterocycles. The Morgan fingerprint density at radius 2 is 1.61 bits per heavy atom. The van der Waals surface area contributed by atoms with Crippen LogP contribution in [-0.2, 0) is 0 Å². The summed E-state index contributed by atoms with van der Waals surface area (Å²) in [5.41, 5.74) is 2.79. The van der Waals surface area contributed by atoms with E-state index in [0.717, 1.165) is 24.3 Å². The van der Waals surface area contributed by atoms with Crippen molar-refractivity contribution in [1.82, 2.24) is 10.1 Å². The summed E-state index contributed by atoms with van der Waals surface area (Å²) >= 11 is 0. The van der Waals surface area contributed by atoms with Gasteiger partial charge in [0.2, 0.25) is 0 Å². The molecular formula is C22H23N3O3. The number of benzene rings is 2. The van der Waals surface area contributed by atoms with Gasteiger partial charge in [-0.05, 0) is 19.1 Å². The lowest BCUT2D eigenvalue weighted by Gasteiger charge is -2.36. The zero-order valence-electron chi connectivity index (χ0n) is 15.8. The summed E-state index contributed by atoms with van der Waals surface area (Å²) in [6, 6.07) is 19.6. The van der Waals surface area contributed by atoms with Gasteiger partial charge in [0.1, 0.15) is 17.4 Å². The minimum Gasteiger partial charge on any atom is -0.385 e. The molecule has 1 aromatic heterocycles. The van der Waals surface area contributed by atoms with Crippen molar-refractivity contribution >= 4 is 11.6 Å². The molecule has 0 saturated carbocycles. The van der Waals surface area contributed by atoms with Crippen LogP contribution in [0.3, 0.4) is 0 Å². The van der Waals surface area contributed by atoms with Crippen molar-refractivity contribution in [3.63, 3.8) is 0 Å². The van der Waals surface area contributed by atoms with Crippen molar-refractivity contribution in [2.75, 3.05) is 31.1 Å². The fourth-order valence-electron chi connectivity index (χ4n) is 3.55. The average molecular weight is 377 g/mol. The number of aliphatic hydroxyl groups is 1. The number of para-hydroxylation sites is 1. The summed E-state index contributed by atoms with van der Waals surface area (Å²) in [5.74, 6) is 0.0676. The van der Waals surface area contributed by atoms with Crippen LogP contribution in [-0.4, -0.2) is 47.2 Å². The Balaban J connectivity index is 1.58. The second-order valence-corrected chi connectivity index (χ2v) is 6.93. The first-order chi connectivity index (χ1) is 13.6. The molecule has 6 heteroatoms. The number of aliphatic hydroxyl groups excluding tert-OH is 1. The third-order valence-electron chi connectivity index (χ3n) is 5.05. The van der Waals surface area contributed by atoms with E-state index in [9.17, 15) is 9.90 Å². The van der Waals surface area contributed by atoms with Crippen molar-refractivity contribution in [1.29, 1.82) is 0 Å². The van der Waals surface area contributed by atoms with Crippen molar-refractivity contribution in [3.05, 3.63) is 72.0 Å². The maximum Gasteiger partial charge on any atom is 0.259 e. The molecule has 3 aromatic rings. The fraction of sp³-hybridized carbons (Fsp3) is 0.273. The first-order valence-electron chi connectivity index (χ1n) is 9.47. The van der Waals surface area contributed by atoms with E-state index in [0.29, 0.717) is 24.3 Å². The second kappa shape index (κ2) is 7.86. The smallest absolute Gasteiger partial charge is 0.259 e. The van der Waals surface area contributed by atoms with E-state index in [1.807, 2.05) is 53.4 Å². The monoisotopic (exact) mass is 377 g/mol. The maximum absolute atomic E-state index is 13.3. The first-order valence-corrected chi connectivity index (χ1v) is 9.47. The Hall–Kier alpha value is -3.12. The summed E-state index contributed by atoms with van der Waals surface area (Å²) in [5, 5.41) is 14.2. The molecule has 0 bridgehead atoms. The van der Waals surface area contributed by atoms with Gasteiger partial charge in [-0.15, -0.1) is 0 Å². The Bertz CT molecular complexity index is 930. The number of carbonyl (C=O) groups excluding carboxylic acids is 1. The minimum atomic E-state index is -0.908. The van der Waals surface area contributed by atoms with Gasteiger partial charge in [-0.2, -0.15) is 0 Å². The van der Waals surface area contributed by atoms with Crippen molar-refractivity contribution in [3.8, 4) is 11.3 Å². The van der Waals surface area contributed by atoms with Gasteiger partial charge in [-0.3, -0.25) is 4.79 Å². The van der Waals surface area contributed by atoms with Crippen molar-refractivity contribution in [2.24, 2.45) is 0 Å². The van der Waals surface area contributed by atoms with Crippen LogP contribution in [0.5, 0.6) is 0 Å². The van der Waals surface area contributed by atoms with Crippen LogP contribution < -0.4 is 4.90 Å². The van der Waals surface area contributed by atoms with Gasteiger partial charge in [0.15, 0.2) is 5.76 Å². The Morgan fingerprint density at radius 1 is 1.00 bits per heavy atom.